The van der Waals surface area contributed by atoms with Crippen molar-refractivity contribution in [2.75, 3.05) is 7.11 Å². The predicted octanol–water partition coefficient (Wildman–Crippen LogP) is 3.37. The molecule has 0 saturated heterocycles. The SMILES string of the molecule is CO/C=C\C=C/[Si](C)(C)[Si](C)(C)C. The molecule has 13 heavy (non-hydrogen) atoms. The Morgan fingerprint density at radius 1 is 0.923 bits per heavy atom. The van der Waals surface area contributed by atoms with Crippen LogP contribution in [0.15, 0.2) is 24.1 Å². The molecule has 0 aliphatic rings. The third-order valence-corrected chi connectivity index (χ3v) is 19.8. The monoisotopic (exact) mass is 214 g/mol. The molecular weight excluding hydrogens is 192 g/mol. The van der Waals surface area contributed by atoms with Gasteiger partial charge in [-0.05, 0) is 6.08 Å². The van der Waals surface area contributed by atoms with Crippen molar-refractivity contribution in [3.63, 3.8) is 0 Å². The molecule has 0 rings (SSSR count). The second-order valence-corrected chi connectivity index (χ2v) is 21.5. The zero-order chi connectivity index (χ0) is 10.5. The molecule has 0 amide bonds. The lowest BCUT2D eigenvalue weighted by atomic mass is 10.6. The van der Waals surface area contributed by atoms with Crippen molar-refractivity contribution < 1.29 is 4.74 Å². The Labute approximate surface area is 84.3 Å². The Bertz CT molecular complexity index is 199. The van der Waals surface area contributed by atoms with Crippen molar-refractivity contribution in [1.29, 1.82) is 0 Å². The molecule has 0 aliphatic heterocycles. The lowest BCUT2D eigenvalue weighted by molar-refractivity contribution is 0.338. The van der Waals surface area contributed by atoms with E-state index in [-0.39, 0.29) is 0 Å². The summed E-state index contributed by atoms with van der Waals surface area (Å²) in [5.74, 6) is 0. The number of methoxy groups -OCH3 is 1. The van der Waals surface area contributed by atoms with Gasteiger partial charge in [-0.2, -0.15) is 0 Å². The first kappa shape index (κ1) is 12.7. The van der Waals surface area contributed by atoms with Crippen LogP contribution in [0.4, 0.5) is 0 Å². The van der Waals surface area contributed by atoms with Gasteiger partial charge < -0.3 is 4.74 Å². The van der Waals surface area contributed by atoms with Gasteiger partial charge in [0.2, 0.25) is 0 Å². The number of ether oxygens (including phenoxy) is 1. The van der Waals surface area contributed by atoms with Gasteiger partial charge in [0.25, 0.3) is 0 Å². The number of hydrogen-bond donors (Lipinski definition) is 0. The highest BCUT2D eigenvalue weighted by Gasteiger charge is 2.33. The molecular formula is C10H22OSi2. The molecule has 3 heteroatoms. The van der Waals surface area contributed by atoms with Crippen LogP contribution in [-0.2, 0) is 4.74 Å². The van der Waals surface area contributed by atoms with Gasteiger partial charge in [0.05, 0.1) is 21.0 Å². The maximum absolute atomic E-state index is 4.84. The van der Waals surface area contributed by atoms with E-state index in [4.69, 9.17) is 4.74 Å². The van der Waals surface area contributed by atoms with Crippen LogP contribution in [0.5, 0.6) is 0 Å². The molecule has 0 aromatic heterocycles. The van der Waals surface area contributed by atoms with Crippen molar-refractivity contribution >= 4 is 15.2 Å². The maximum atomic E-state index is 4.84. The molecule has 0 aromatic carbocycles. The van der Waals surface area contributed by atoms with Crippen LogP contribution in [-0.4, -0.2) is 22.3 Å². The molecule has 0 atom stereocenters. The normalized spacial score (nSPS) is 14.3. The van der Waals surface area contributed by atoms with E-state index in [1.165, 1.54) is 0 Å². The molecule has 0 aromatic rings. The van der Waals surface area contributed by atoms with Crippen molar-refractivity contribution in [3.05, 3.63) is 24.1 Å². The molecule has 0 aliphatic carbocycles. The Morgan fingerprint density at radius 3 is 1.85 bits per heavy atom. The molecule has 0 saturated carbocycles. The van der Waals surface area contributed by atoms with Crippen LogP contribution in [0.2, 0.25) is 32.7 Å². The minimum atomic E-state index is -1.10. The van der Waals surface area contributed by atoms with Crippen molar-refractivity contribution in [2.24, 2.45) is 0 Å². The smallest absolute Gasteiger partial charge is 0.0824 e. The highest BCUT2D eigenvalue weighted by Crippen LogP contribution is 2.19. The van der Waals surface area contributed by atoms with Gasteiger partial charge in [0, 0.05) is 7.59 Å². The summed E-state index contributed by atoms with van der Waals surface area (Å²) in [6, 6.07) is 0. The third-order valence-electron chi connectivity index (χ3n) is 2.77. The Morgan fingerprint density at radius 2 is 1.46 bits per heavy atom. The summed E-state index contributed by atoms with van der Waals surface area (Å²) in [5.41, 5.74) is 2.41. The zero-order valence-corrected chi connectivity index (χ0v) is 11.7. The first-order chi connectivity index (χ1) is 5.81. The summed E-state index contributed by atoms with van der Waals surface area (Å²) in [4.78, 5) is 0. The summed E-state index contributed by atoms with van der Waals surface area (Å²) in [6.07, 6.45) is 5.81. The van der Waals surface area contributed by atoms with E-state index in [0.717, 1.165) is 0 Å². The molecule has 0 fully saturated rings. The average Bonchev–Trinajstić information content (AvgIpc) is 1.96. The predicted molar refractivity (Wildman–Crippen MR) is 66.1 cm³/mol. The van der Waals surface area contributed by atoms with Crippen molar-refractivity contribution in [3.8, 4) is 0 Å². The van der Waals surface area contributed by atoms with E-state index in [1.807, 2.05) is 6.08 Å². The van der Waals surface area contributed by atoms with E-state index < -0.39 is 15.2 Å². The molecule has 0 spiro atoms. The Hall–Kier alpha value is -0.286. The summed E-state index contributed by atoms with van der Waals surface area (Å²) in [6.45, 7) is 12.2. The molecule has 0 bridgehead atoms. The van der Waals surface area contributed by atoms with Crippen LogP contribution in [0.1, 0.15) is 0 Å². The molecule has 0 heterocycles. The summed E-state index contributed by atoms with van der Waals surface area (Å²) in [5, 5.41) is 0. The largest absolute Gasteiger partial charge is 0.504 e. The molecule has 0 unspecified atom stereocenters. The van der Waals surface area contributed by atoms with Gasteiger partial charge in [-0.3, -0.25) is 0 Å². The second-order valence-electron chi connectivity index (χ2n) is 4.90. The topological polar surface area (TPSA) is 9.23 Å². The van der Waals surface area contributed by atoms with E-state index in [2.05, 4.69) is 44.5 Å². The Kier molecular flexibility index (Phi) is 4.71. The number of allylic oxidation sites excluding steroid dienone is 2. The van der Waals surface area contributed by atoms with Crippen LogP contribution in [0.3, 0.4) is 0 Å². The summed E-state index contributed by atoms with van der Waals surface area (Å²) in [7, 11) is -0.399. The van der Waals surface area contributed by atoms with E-state index in [1.54, 1.807) is 13.4 Å². The molecule has 0 radical (unpaired) electrons. The fourth-order valence-corrected chi connectivity index (χ4v) is 3.55. The molecule has 1 nitrogen and oxygen atoms in total. The first-order valence-electron chi connectivity index (χ1n) is 4.68. The van der Waals surface area contributed by atoms with Gasteiger partial charge in [-0.15, -0.1) is 0 Å². The van der Waals surface area contributed by atoms with E-state index in [9.17, 15) is 0 Å². The maximum Gasteiger partial charge on any atom is 0.0824 e. The van der Waals surface area contributed by atoms with Gasteiger partial charge in [0.15, 0.2) is 0 Å². The fourth-order valence-electron chi connectivity index (χ4n) is 0.670. The van der Waals surface area contributed by atoms with Gasteiger partial charge in [-0.25, -0.2) is 0 Å². The lowest BCUT2D eigenvalue weighted by Crippen LogP contribution is -2.50. The zero-order valence-electron chi connectivity index (χ0n) is 9.72. The third kappa shape index (κ3) is 4.48. The number of rotatable bonds is 4. The quantitative estimate of drug-likeness (QED) is 0.396. The standard InChI is InChI=1S/C10H22OSi2/c1-11-9-7-8-10-13(5,6)12(2,3)4/h7-10H,1-6H3/b9-7-,10-8-. The van der Waals surface area contributed by atoms with E-state index >= 15 is 0 Å². The van der Waals surface area contributed by atoms with E-state index in [0.29, 0.717) is 0 Å². The van der Waals surface area contributed by atoms with Crippen molar-refractivity contribution in [2.45, 2.75) is 32.7 Å². The second kappa shape index (κ2) is 4.81. The highest BCUT2D eigenvalue weighted by atomic mass is 29.3. The summed E-state index contributed by atoms with van der Waals surface area (Å²) >= 11 is 0. The van der Waals surface area contributed by atoms with Crippen LogP contribution >= 0.6 is 0 Å². The van der Waals surface area contributed by atoms with Gasteiger partial charge in [0.1, 0.15) is 0 Å². The van der Waals surface area contributed by atoms with Gasteiger partial charge >= 0.3 is 0 Å². The average molecular weight is 214 g/mol. The molecule has 0 N–H and O–H groups in total. The Balaban J connectivity index is 4.33. The van der Waals surface area contributed by atoms with Crippen LogP contribution < -0.4 is 0 Å². The molecule has 76 valence electrons. The number of hydrogen-bond acceptors (Lipinski definition) is 1. The minimum Gasteiger partial charge on any atom is -0.504 e. The van der Waals surface area contributed by atoms with Crippen LogP contribution in [0.25, 0.3) is 0 Å². The minimum absolute atomic E-state index is 0.968. The van der Waals surface area contributed by atoms with Crippen LogP contribution in [0, 0.1) is 0 Å². The van der Waals surface area contributed by atoms with Gasteiger partial charge in [-0.1, -0.05) is 44.5 Å². The fraction of sp³-hybridized carbons (Fsp3) is 0.600. The first-order valence-corrected chi connectivity index (χ1v) is 12.3. The summed E-state index contributed by atoms with van der Waals surface area (Å²) < 4.78 is 4.84. The highest BCUT2D eigenvalue weighted by molar-refractivity contribution is 7.42. The lowest BCUT2D eigenvalue weighted by Gasteiger charge is -2.32. The van der Waals surface area contributed by atoms with Crippen molar-refractivity contribution in [1.82, 2.24) is 0 Å².